The fourth-order valence-corrected chi connectivity index (χ4v) is 12.7. The summed E-state index contributed by atoms with van der Waals surface area (Å²) in [7, 11) is -1.05. The van der Waals surface area contributed by atoms with Gasteiger partial charge in [-0.05, 0) is 41.4 Å². The highest BCUT2D eigenvalue weighted by Gasteiger charge is 2.66. The molecule has 15 heteroatoms. The molecule has 0 unspecified atom stereocenters. The van der Waals surface area contributed by atoms with E-state index >= 15 is 0 Å². The van der Waals surface area contributed by atoms with E-state index in [1.807, 2.05) is 61.5 Å². The molecule has 3 aromatic carbocycles. The van der Waals surface area contributed by atoms with Crippen molar-refractivity contribution in [2.75, 3.05) is 37.0 Å². The number of fused-ring (bicyclic) bond motifs is 2. The van der Waals surface area contributed by atoms with Gasteiger partial charge < -0.3 is 54.9 Å². The van der Waals surface area contributed by atoms with Crippen molar-refractivity contribution in [1.29, 1.82) is 0 Å². The summed E-state index contributed by atoms with van der Waals surface area (Å²) in [6.45, 7) is 10.5. The minimum absolute atomic E-state index is 0.0654. The molecule has 0 aliphatic carbocycles. The van der Waals surface area contributed by atoms with Crippen LogP contribution in [-0.2, 0) is 36.0 Å². The molecule has 3 aliphatic rings. The van der Waals surface area contributed by atoms with Crippen molar-refractivity contribution in [3.63, 3.8) is 0 Å². The van der Waals surface area contributed by atoms with Crippen LogP contribution in [-0.4, -0.2) is 120 Å². The Kier molecular flexibility index (Phi) is 12.2. The number of rotatable bonds is 13. The average Bonchev–Trinajstić information content (AvgIpc) is 3.61. The van der Waals surface area contributed by atoms with Gasteiger partial charge in [-0.3, -0.25) is 14.4 Å². The Morgan fingerprint density at radius 3 is 2.36 bits per heavy atom. The number of aliphatic hydroxyl groups excluding tert-OH is 5. The van der Waals surface area contributed by atoms with Gasteiger partial charge in [0.05, 0.1) is 40.0 Å². The lowest BCUT2D eigenvalue weighted by atomic mass is 9.82. The fourth-order valence-electron chi connectivity index (χ4n) is 8.71. The summed E-state index contributed by atoms with van der Waals surface area (Å²) in [5.41, 5.74) is 0.213. The third kappa shape index (κ3) is 7.41. The monoisotopic (exact) mass is 789 g/mol. The summed E-state index contributed by atoms with van der Waals surface area (Å²) in [6, 6.07) is 22.2. The van der Waals surface area contributed by atoms with E-state index in [1.54, 1.807) is 41.2 Å². The Morgan fingerprint density at radius 1 is 1.02 bits per heavy atom. The van der Waals surface area contributed by atoms with Crippen LogP contribution in [0.3, 0.4) is 0 Å². The normalized spacial score (nSPS) is 28.6. The molecular weight excluding hydrogens is 739 g/mol. The Labute approximate surface area is 326 Å². The van der Waals surface area contributed by atoms with Crippen LogP contribution >= 0.6 is 0 Å². The first-order chi connectivity index (χ1) is 26.7. The Bertz CT molecular complexity index is 1910. The summed E-state index contributed by atoms with van der Waals surface area (Å²) in [5.74, 6) is -1.28. The number of nitrogens with zero attached hydrogens (tertiary/aromatic N) is 2. The van der Waals surface area contributed by atoms with Gasteiger partial charge >= 0.3 is 0 Å². The van der Waals surface area contributed by atoms with Crippen LogP contribution in [0.5, 0.6) is 5.75 Å². The molecule has 3 heterocycles. The van der Waals surface area contributed by atoms with Gasteiger partial charge in [-0.25, -0.2) is 0 Å². The van der Waals surface area contributed by atoms with E-state index in [9.17, 15) is 39.9 Å². The maximum absolute atomic E-state index is 14.9. The highest BCUT2D eigenvalue weighted by molar-refractivity contribution is 6.91. The highest BCUT2D eigenvalue weighted by Crippen LogP contribution is 2.60. The molecule has 6 rings (SSSR count). The van der Waals surface area contributed by atoms with Crippen LogP contribution in [0, 0.1) is 5.92 Å². The lowest BCUT2D eigenvalue weighted by Crippen LogP contribution is -2.60. The van der Waals surface area contributed by atoms with E-state index in [-0.39, 0.29) is 55.7 Å². The van der Waals surface area contributed by atoms with Gasteiger partial charge in [0.1, 0.15) is 24.1 Å². The van der Waals surface area contributed by atoms with Gasteiger partial charge in [-0.1, -0.05) is 73.7 Å². The summed E-state index contributed by atoms with van der Waals surface area (Å²) in [4.78, 5) is 45.8. The number of hydrogen-bond donors (Lipinski definition) is 6. The molecular formula is C41H51N3O11Si. The molecule has 2 fully saturated rings. The van der Waals surface area contributed by atoms with Gasteiger partial charge in [0, 0.05) is 36.8 Å². The number of ether oxygens (including phenoxy) is 3. The fraction of sp³-hybridized carbons (Fsp3) is 0.439. The molecule has 9 atom stereocenters. The first-order valence-electron chi connectivity index (χ1n) is 18.7. The third-order valence-corrected chi connectivity index (χ3v) is 15.9. The zero-order chi connectivity index (χ0) is 40.5. The molecule has 14 nitrogen and oxygen atoms in total. The van der Waals surface area contributed by atoms with Crippen LogP contribution in [0.4, 0.5) is 11.4 Å². The minimum atomic E-state index is -2.65. The van der Waals surface area contributed by atoms with Gasteiger partial charge in [0.15, 0.2) is 18.0 Å². The van der Waals surface area contributed by atoms with E-state index in [1.165, 1.54) is 0 Å². The number of hydrogen-bond acceptors (Lipinski definition) is 11. The molecule has 2 saturated heterocycles. The van der Waals surface area contributed by atoms with Gasteiger partial charge in [-0.15, -0.1) is 6.58 Å². The highest BCUT2D eigenvalue weighted by atomic mass is 28.3. The van der Waals surface area contributed by atoms with Crippen LogP contribution in [0.15, 0.2) is 85.5 Å². The van der Waals surface area contributed by atoms with E-state index in [0.717, 1.165) is 10.8 Å². The standard InChI is InChI=1S/C41H51N3O11Si/c1-6-18-44-30-17-12-26(42-38(50)36-34(48)33(47)35(49)39(51)54-36)21-29(30)41(40(44)52)24(2)37(56(4,5)28-15-13-27(53-3)14-16-28)31(55-41)22-32(46)43(19-20-45)23-25-10-8-7-9-11-25/h6-17,21,24,31,33-37,39,45,47-49,51H,1,18-20,22-23H2,2-5H3,(H,42,50)/t24-,31+,33+,34+,35-,36+,37-,39-,41+/m1/s1. The van der Waals surface area contributed by atoms with Crippen molar-refractivity contribution < 1.29 is 54.1 Å². The Hall–Kier alpha value is -4.45. The van der Waals surface area contributed by atoms with Crippen LogP contribution in [0.2, 0.25) is 18.6 Å². The smallest absolute Gasteiger partial charge is 0.264 e. The first-order valence-corrected chi connectivity index (χ1v) is 21.8. The maximum Gasteiger partial charge on any atom is 0.264 e. The lowest BCUT2D eigenvalue weighted by molar-refractivity contribution is -0.274. The van der Waals surface area contributed by atoms with E-state index in [2.05, 4.69) is 25.0 Å². The first kappa shape index (κ1) is 41.2. The molecule has 0 saturated carbocycles. The number of methoxy groups -OCH3 is 1. The largest absolute Gasteiger partial charge is 0.497 e. The molecule has 56 heavy (non-hydrogen) atoms. The maximum atomic E-state index is 14.9. The van der Waals surface area contributed by atoms with Gasteiger partial charge in [0.25, 0.3) is 11.8 Å². The third-order valence-electron chi connectivity index (χ3n) is 11.6. The SMILES string of the molecule is C=CCN1C(=O)[C@@]2(O[C@@H](CC(=O)N(CCO)Cc3ccccc3)[C@H]([Si](C)(C)c3ccc(OC)cc3)[C@H]2C)c2cc(NC(=O)[C@H]3O[C@@H](O)[C@H](O)[C@@H](O)[C@@H]3O)ccc21. The van der Waals surface area contributed by atoms with Crippen LogP contribution in [0.25, 0.3) is 0 Å². The van der Waals surface area contributed by atoms with Crippen molar-refractivity contribution in [2.45, 2.75) is 80.9 Å². The van der Waals surface area contributed by atoms with E-state index < -0.39 is 62.3 Å². The number of carbonyl (C=O) groups is 3. The second-order valence-corrected chi connectivity index (χ2v) is 19.9. The van der Waals surface area contributed by atoms with E-state index in [4.69, 9.17) is 14.2 Å². The molecule has 6 N–H and O–H groups in total. The number of carbonyl (C=O) groups excluding carboxylic acids is 3. The molecule has 0 radical (unpaired) electrons. The topological polar surface area (TPSA) is 199 Å². The number of aliphatic hydroxyl groups is 5. The quantitative estimate of drug-likeness (QED) is 0.109. The zero-order valence-corrected chi connectivity index (χ0v) is 32.9. The number of anilines is 2. The summed E-state index contributed by atoms with van der Waals surface area (Å²) >= 11 is 0. The summed E-state index contributed by atoms with van der Waals surface area (Å²) in [6.07, 6.45) is -8.33. The minimum Gasteiger partial charge on any atom is -0.497 e. The molecule has 0 aromatic heterocycles. The average molecular weight is 790 g/mol. The zero-order valence-electron chi connectivity index (χ0n) is 31.9. The molecule has 3 aromatic rings. The molecule has 300 valence electrons. The lowest BCUT2D eigenvalue weighted by Gasteiger charge is -2.37. The summed E-state index contributed by atoms with van der Waals surface area (Å²) < 4.78 is 17.7. The van der Waals surface area contributed by atoms with Crippen molar-refractivity contribution in [2.24, 2.45) is 5.92 Å². The van der Waals surface area contributed by atoms with Crippen LogP contribution < -0.4 is 20.1 Å². The molecule has 3 aliphatic heterocycles. The summed E-state index contributed by atoms with van der Waals surface area (Å²) in [5, 5.41) is 54.4. The predicted molar refractivity (Wildman–Crippen MR) is 210 cm³/mol. The van der Waals surface area contributed by atoms with Gasteiger partial charge in [-0.2, -0.15) is 0 Å². The van der Waals surface area contributed by atoms with Gasteiger partial charge in [0.2, 0.25) is 5.91 Å². The number of benzene rings is 3. The van der Waals surface area contributed by atoms with Crippen molar-refractivity contribution >= 4 is 42.4 Å². The second kappa shape index (κ2) is 16.6. The predicted octanol–water partition coefficient (Wildman–Crippen LogP) is 1.59. The van der Waals surface area contributed by atoms with Crippen molar-refractivity contribution in [3.05, 3.63) is 96.6 Å². The Balaban J connectivity index is 1.41. The van der Waals surface area contributed by atoms with Crippen molar-refractivity contribution in [3.8, 4) is 5.75 Å². The van der Waals surface area contributed by atoms with Crippen LogP contribution in [0.1, 0.15) is 24.5 Å². The second-order valence-electron chi connectivity index (χ2n) is 15.2. The molecule has 1 spiro atoms. The van der Waals surface area contributed by atoms with E-state index in [0.29, 0.717) is 17.0 Å². The Morgan fingerprint density at radius 2 is 1.71 bits per heavy atom. The number of amides is 3. The van der Waals surface area contributed by atoms with Crippen molar-refractivity contribution in [1.82, 2.24) is 4.90 Å². The number of nitrogens with one attached hydrogen (secondary N) is 1. The molecule has 3 amide bonds. The molecule has 0 bridgehead atoms.